The lowest BCUT2D eigenvalue weighted by atomic mass is 10.6. The zero-order valence-electron chi connectivity index (χ0n) is 11.1. The summed E-state index contributed by atoms with van der Waals surface area (Å²) in [7, 11) is 1.75. The van der Waals surface area contributed by atoms with E-state index in [1.807, 2.05) is 20.0 Å². The number of nitrogens with one attached hydrogen (secondary N) is 2. The number of nitrogens with zero attached hydrogens (tertiary/aromatic N) is 4. The molecule has 0 unspecified atom stereocenters. The summed E-state index contributed by atoms with van der Waals surface area (Å²) in [5.41, 5.74) is 0. The zero-order chi connectivity index (χ0) is 13.7. The van der Waals surface area contributed by atoms with Crippen molar-refractivity contribution in [3.8, 4) is 6.01 Å². The van der Waals surface area contributed by atoms with Crippen molar-refractivity contribution in [2.75, 3.05) is 24.3 Å². The minimum absolute atomic E-state index is 0.305. The predicted octanol–water partition coefficient (Wildman–Crippen LogP) is 1.69. The second-order valence-electron chi connectivity index (χ2n) is 3.67. The van der Waals surface area contributed by atoms with E-state index >= 15 is 0 Å². The summed E-state index contributed by atoms with van der Waals surface area (Å²) in [6.45, 7) is 5.00. The van der Waals surface area contributed by atoms with Gasteiger partial charge in [0.05, 0.1) is 13.2 Å². The van der Waals surface area contributed by atoms with Crippen LogP contribution >= 0.6 is 11.3 Å². The van der Waals surface area contributed by atoms with E-state index in [1.165, 1.54) is 4.88 Å². The fourth-order valence-electron chi connectivity index (χ4n) is 1.38. The molecule has 0 aromatic carbocycles. The van der Waals surface area contributed by atoms with Crippen molar-refractivity contribution in [2.45, 2.75) is 20.4 Å². The Hall–Kier alpha value is -1.96. The van der Waals surface area contributed by atoms with Crippen LogP contribution in [-0.2, 0) is 6.54 Å². The Morgan fingerprint density at radius 3 is 2.68 bits per heavy atom. The second-order valence-corrected chi connectivity index (χ2v) is 4.99. The number of aromatic nitrogens is 4. The van der Waals surface area contributed by atoms with E-state index in [2.05, 4.69) is 30.6 Å². The summed E-state index contributed by atoms with van der Waals surface area (Å²) in [5.74, 6) is 0.937. The maximum atomic E-state index is 5.29. The third kappa shape index (κ3) is 3.75. The topological polar surface area (TPSA) is 84.9 Å². The van der Waals surface area contributed by atoms with Crippen LogP contribution < -0.4 is 15.4 Å². The summed E-state index contributed by atoms with van der Waals surface area (Å²) in [5, 5.41) is 6.97. The number of rotatable bonds is 6. The number of thiazole rings is 1. The van der Waals surface area contributed by atoms with Gasteiger partial charge >= 0.3 is 6.01 Å². The van der Waals surface area contributed by atoms with Gasteiger partial charge in [0.1, 0.15) is 5.01 Å². The van der Waals surface area contributed by atoms with E-state index in [9.17, 15) is 0 Å². The fraction of sp³-hybridized carbons (Fsp3) is 0.455. The molecule has 0 saturated heterocycles. The molecular formula is C11H16N6OS. The van der Waals surface area contributed by atoms with Crippen molar-refractivity contribution in [1.29, 1.82) is 0 Å². The molecule has 19 heavy (non-hydrogen) atoms. The summed E-state index contributed by atoms with van der Waals surface area (Å²) >= 11 is 1.64. The summed E-state index contributed by atoms with van der Waals surface area (Å²) in [6.07, 6.45) is 1.85. The van der Waals surface area contributed by atoms with Gasteiger partial charge in [0.2, 0.25) is 11.9 Å². The maximum absolute atomic E-state index is 5.29. The minimum atomic E-state index is 0.305. The van der Waals surface area contributed by atoms with E-state index < -0.39 is 0 Å². The monoisotopic (exact) mass is 280 g/mol. The molecule has 0 atom stereocenters. The van der Waals surface area contributed by atoms with Crippen molar-refractivity contribution in [1.82, 2.24) is 19.9 Å². The molecule has 102 valence electrons. The first-order valence-electron chi connectivity index (χ1n) is 5.93. The lowest BCUT2D eigenvalue weighted by Gasteiger charge is -2.07. The highest BCUT2D eigenvalue weighted by Gasteiger charge is 2.07. The Balaban J connectivity index is 2.08. The zero-order valence-corrected chi connectivity index (χ0v) is 11.9. The first-order chi connectivity index (χ1) is 9.21. The van der Waals surface area contributed by atoms with Gasteiger partial charge in [0.25, 0.3) is 0 Å². The quantitative estimate of drug-likeness (QED) is 0.832. The molecule has 2 rings (SSSR count). The van der Waals surface area contributed by atoms with Crippen LogP contribution in [0.5, 0.6) is 6.01 Å². The molecule has 0 bridgehead atoms. The van der Waals surface area contributed by atoms with Crippen molar-refractivity contribution in [3.05, 3.63) is 16.1 Å². The molecule has 0 radical (unpaired) electrons. The van der Waals surface area contributed by atoms with Gasteiger partial charge in [0, 0.05) is 18.1 Å². The summed E-state index contributed by atoms with van der Waals surface area (Å²) in [4.78, 5) is 17.9. The number of anilines is 2. The van der Waals surface area contributed by atoms with Gasteiger partial charge in [-0.1, -0.05) is 0 Å². The number of hydrogen-bond acceptors (Lipinski definition) is 8. The van der Waals surface area contributed by atoms with Crippen LogP contribution in [0.1, 0.15) is 16.8 Å². The van der Waals surface area contributed by atoms with Gasteiger partial charge in [-0.25, -0.2) is 4.98 Å². The van der Waals surface area contributed by atoms with Crippen LogP contribution in [0.2, 0.25) is 0 Å². The van der Waals surface area contributed by atoms with E-state index in [1.54, 1.807) is 18.4 Å². The molecule has 2 aromatic heterocycles. The third-order valence-electron chi connectivity index (χ3n) is 2.18. The maximum Gasteiger partial charge on any atom is 0.323 e. The van der Waals surface area contributed by atoms with Crippen LogP contribution in [0, 0.1) is 6.92 Å². The van der Waals surface area contributed by atoms with Crippen molar-refractivity contribution in [3.63, 3.8) is 0 Å². The molecule has 0 aliphatic rings. The molecule has 0 aliphatic carbocycles. The molecule has 2 N–H and O–H groups in total. The van der Waals surface area contributed by atoms with Gasteiger partial charge in [0.15, 0.2) is 0 Å². The number of hydrogen-bond donors (Lipinski definition) is 2. The molecule has 0 saturated carbocycles. The Morgan fingerprint density at radius 1 is 1.26 bits per heavy atom. The van der Waals surface area contributed by atoms with Crippen LogP contribution in [0.25, 0.3) is 0 Å². The normalized spacial score (nSPS) is 10.3. The highest BCUT2D eigenvalue weighted by atomic mass is 32.1. The lowest BCUT2D eigenvalue weighted by Crippen LogP contribution is -2.09. The van der Waals surface area contributed by atoms with E-state index in [0.717, 1.165) is 5.01 Å². The molecule has 0 spiro atoms. The largest absolute Gasteiger partial charge is 0.464 e. The third-order valence-corrected chi connectivity index (χ3v) is 3.09. The minimum Gasteiger partial charge on any atom is -0.464 e. The van der Waals surface area contributed by atoms with Crippen LogP contribution in [0.15, 0.2) is 6.20 Å². The summed E-state index contributed by atoms with van der Waals surface area (Å²) < 4.78 is 5.29. The van der Waals surface area contributed by atoms with Crippen LogP contribution in [0.4, 0.5) is 11.9 Å². The Bertz CT molecular complexity index is 544. The van der Waals surface area contributed by atoms with Crippen molar-refractivity contribution >= 4 is 23.2 Å². The smallest absolute Gasteiger partial charge is 0.323 e. The van der Waals surface area contributed by atoms with Gasteiger partial charge in [-0.3, -0.25) is 0 Å². The second kappa shape index (κ2) is 6.28. The molecule has 0 fully saturated rings. The van der Waals surface area contributed by atoms with Gasteiger partial charge in [-0.2, -0.15) is 15.0 Å². The predicted molar refractivity (Wildman–Crippen MR) is 74.7 cm³/mol. The fourth-order valence-corrected chi connectivity index (χ4v) is 2.11. The SMILES string of the molecule is CCOc1nc(NC)nc(NCc2ncc(C)s2)n1. The van der Waals surface area contributed by atoms with Crippen molar-refractivity contribution in [2.24, 2.45) is 0 Å². The average Bonchev–Trinajstić information content (AvgIpc) is 2.82. The Labute approximate surface area is 115 Å². The number of aryl methyl sites for hydroxylation is 1. The molecular weight excluding hydrogens is 264 g/mol. The molecule has 0 amide bonds. The Kier molecular flexibility index (Phi) is 4.45. The van der Waals surface area contributed by atoms with Crippen LogP contribution in [-0.4, -0.2) is 33.6 Å². The van der Waals surface area contributed by atoms with Gasteiger partial charge in [-0.15, -0.1) is 11.3 Å². The summed E-state index contributed by atoms with van der Waals surface area (Å²) in [6, 6.07) is 0.305. The van der Waals surface area contributed by atoms with E-state index in [4.69, 9.17) is 4.74 Å². The lowest BCUT2D eigenvalue weighted by molar-refractivity contribution is 0.312. The molecule has 7 nitrogen and oxygen atoms in total. The standard InChI is InChI=1S/C11H16N6OS/c1-4-18-11-16-9(12-3)15-10(17-11)14-6-8-13-5-7(2)19-8/h5H,4,6H2,1-3H3,(H2,12,14,15,16,17). The molecule has 2 aromatic rings. The first-order valence-corrected chi connectivity index (χ1v) is 6.74. The van der Waals surface area contributed by atoms with Crippen molar-refractivity contribution < 1.29 is 4.74 Å². The van der Waals surface area contributed by atoms with Gasteiger partial charge < -0.3 is 15.4 Å². The van der Waals surface area contributed by atoms with Gasteiger partial charge in [-0.05, 0) is 13.8 Å². The number of ether oxygens (including phenoxy) is 1. The highest BCUT2D eigenvalue weighted by Crippen LogP contribution is 2.14. The van der Waals surface area contributed by atoms with E-state index in [0.29, 0.717) is 31.1 Å². The molecule has 8 heteroatoms. The Morgan fingerprint density at radius 2 is 2.05 bits per heavy atom. The average molecular weight is 280 g/mol. The highest BCUT2D eigenvalue weighted by molar-refractivity contribution is 7.11. The molecule has 2 heterocycles. The van der Waals surface area contributed by atoms with Crippen LogP contribution in [0.3, 0.4) is 0 Å². The first kappa shape index (κ1) is 13.5. The van der Waals surface area contributed by atoms with E-state index in [-0.39, 0.29) is 0 Å². The molecule has 0 aliphatic heterocycles.